The highest BCUT2D eigenvalue weighted by molar-refractivity contribution is 5.99. The van der Waals surface area contributed by atoms with Crippen LogP contribution in [0.25, 0.3) is 0 Å². The fraction of sp³-hybridized carbons (Fsp3) is 0.615. The van der Waals surface area contributed by atoms with E-state index in [1.165, 1.54) is 18.4 Å². The molecule has 0 amide bonds. The van der Waals surface area contributed by atoms with E-state index in [9.17, 15) is 0 Å². The van der Waals surface area contributed by atoms with E-state index in [2.05, 4.69) is 45.3 Å². The van der Waals surface area contributed by atoms with Crippen LogP contribution in [0.3, 0.4) is 0 Å². The summed E-state index contributed by atoms with van der Waals surface area (Å²) in [6.45, 7) is 14.4. The first-order valence-corrected chi connectivity index (χ1v) is 5.40. The summed E-state index contributed by atoms with van der Waals surface area (Å²) < 4.78 is 0. The number of nitrogens with zero attached hydrogens (tertiary/aromatic N) is 1. The SMILES string of the molecule is C=C(C)/N=C(C)\C(=C/C)C(C)CCC. The third kappa shape index (κ3) is 4.40. The molecule has 0 aromatic rings. The molecule has 0 spiro atoms. The fourth-order valence-corrected chi connectivity index (χ4v) is 1.79. The van der Waals surface area contributed by atoms with E-state index in [-0.39, 0.29) is 0 Å². The highest BCUT2D eigenvalue weighted by Gasteiger charge is 2.09. The average Bonchev–Trinajstić information content (AvgIpc) is 2.04. The zero-order valence-corrected chi connectivity index (χ0v) is 10.2. The Morgan fingerprint density at radius 1 is 1.43 bits per heavy atom. The maximum atomic E-state index is 4.41. The molecule has 0 N–H and O–H groups in total. The molecule has 0 aliphatic rings. The molecule has 0 radical (unpaired) electrons. The molecule has 1 heteroatoms. The summed E-state index contributed by atoms with van der Waals surface area (Å²) in [7, 11) is 0. The Bertz CT molecular complexity index is 246. The van der Waals surface area contributed by atoms with Crippen LogP contribution in [0.2, 0.25) is 0 Å². The third-order valence-electron chi connectivity index (χ3n) is 2.34. The quantitative estimate of drug-likeness (QED) is 0.575. The standard InChI is InChI=1S/C13H23N/c1-7-9-11(5)13(8-2)12(6)14-10(3)4/h8,11H,3,7,9H2,1-2,4-6H3/b13-8-,14-12-. The van der Waals surface area contributed by atoms with Gasteiger partial charge in [0.15, 0.2) is 0 Å². The van der Waals surface area contributed by atoms with Gasteiger partial charge in [-0.1, -0.05) is 32.9 Å². The van der Waals surface area contributed by atoms with Gasteiger partial charge in [0, 0.05) is 11.4 Å². The smallest absolute Gasteiger partial charge is 0.0406 e. The van der Waals surface area contributed by atoms with Crippen LogP contribution in [0, 0.1) is 5.92 Å². The van der Waals surface area contributed by atoms with Crippen molar-refractivity contribution < 1.29 is 0 Å². The lowest BCUT2D eigenvalue weighted by atomic mass is 9.93. The predicted molar refractivity (Wildman–Crippen MR) is 65.8 cm³/mol. The Kier molecular flexibility index (Phi) is 6.18. The van der Waals surface area contributed by atoms with Crippen LogP contribution in [0.1, 0.15) is 47.5 Å². The highest BCUT2D eigenvalue weighted by atomic mass is 14.7. The van der Waals surface area contributed by atoms with Gasteiger partial charge in [-0.3, -0.25) is 4.99 Å². The van der Waals surface area contributed by atoms with Crippen LogP contribution >= 0.6 is 0 Å². The zero-order valence-electron chi connectivity index (χ0n) is 10.2. The summed E-state index contributed by atoms with van der Waals surface area (Å²) in [6.07, 6.45) is 4.61. The average molecular weight is 193 g/mol. The van der Waals surface area contributed by atoms with Crippen molar-refractivity contribution >= 4 is 5.71 Å². The first-order chi connectivity index (χ1) is 6.52. The van der Waals surface area contributed by atoms with Crippen molar-refractivity contribution in [1.82, 2.24) is 0 Å². The van der Waals surface area contributed by atoms with Gasteiger partial charge in [-0.25, -0.2) is 0 Å². The van der Waals surface area contributed by atoms with Crippen molar-refractivity contribution in [3.63, 3.8) is 0 Å². The molecule has 0 saturated heterocycles. The Morgan fingerprint density at radius 2 is 2.00 bits per heavy atom. The van der Waals surface area contributed by atoms with Gasteiger partial charge in [-0.15, -0.1) is 0 Å². The van der Waals surface area contributed by atoms with Crippen LogP contribution in [0.5, 0.6) is 0 Å². The lowest BCUT2D eigenvalue weighted by Crippen LogP contribution is -2.07. The lowest BCUT2D eigenvalue weighted by Gasteiger charge is -2.14. The van der Waals surface area contributed by atoms with Gasteiger partial charge in [0.2, 0.25) is 0 Å². The second kappa shape index (κ2) is 6.58. The van der Waals surface area contributed by atoms with Gasteiger partial charge >= 0.3 is 0 Å². The Balaban J connectivity index is 4.66. The number of hydrogen-bond acceptors (Lipinski definition) is 1. The van der Waals surface area contributed by atoms with Crippen LogP contribution in [-0.2, 0) is 0 Å². The topological polar surface area (TPSA) is 12.4 Å². The van der Waals surface area contributed by atoms with Crippen molar-refractivity contribution in [1.29, 1.82) is 0 Å². The van der Waals surface area contributed by atoms with Crippen LogP contribution in [0.4, 0.5) is 0 Å². The first kappa shape index (κ1) is 13.2. The molecule has 80 valence electrons. The molecule has 0 fully saturated rings. The van der Waals surface area contributed by atoms with Crippen molar-refractivity contribution in [2.45, 2.75) is 47.5 Å². The van der Waals surface area contributed by atoms with E-state index >= 15 is 0 Å². The minimum Gasteiger partial charge on any atom is -0.259 e. The summed E-state index contributed by atoms with van der Waals surface area (Å²) in [5.41, 5.74) is 3.35. The Morgan fingerprint density at radius 3 is 2.36 bits per heavy atom. The van der Waals surface area contributed by atoms with E-state index in [0.717, 1.165) is 11.4 Å². The third-order valence-corrected chi connectivity index (χ3v) is 2.34. The molecular formula is C13H23N. The summed E-state index contributed by atoms with van der Waals surface area (Å²) >= 11 is 0. The predicted octanol–water partition coefficient (Wildman–Crippen LogP) is 4.36. The molecule has 1 nitrogen and oxygen atoms in total. The first-order valence-electron chi connectivity index (χ1n) is 5.40. The van der Waals surface area contributed by atoms with Gasteiger partial charge in [-0.2, -0.15) is 0 Å². The van der Waals surface area contributed by atoms with Crippen molar-refractivity contribution in [2.24, 2.45) is 10.9 Å². The van der Waals surface area contributed by atoms with Crippen LogP contribution < -0.4 is 0 Å². The maximum absolute atomic E-state index is 4.41. The van der Waals surface area contributed by atoms with Crippen molar-refractivity contribution in [3.05, 3.63) is 23.9 Å². The monoisotopic (exact) mass is 193 g/mol. The zero-order chi connectivity index (χ0) is 11.1. The van der Waals surface area contributed by atoms with Gasteiger partial charge in [-0.05, 0) is 38.7 Å². The van der Waals surface area contributed by atoms with Crippen LogP contribution in [0.15, 0.2) is 28.9 Å². The lowest BCUT2D eigenvalue weighted by molar-refractivity contribution is 0.617. The van der Waals surface area contributed by atoms with Crippen molar-refractivity contribution in [2.75, 3.05) is 0 Å². The van der Waals surface area contributed by atoms with E-state index in [0.29, 0.717) is 5.92 Å². The van der Waals surface area contributed by atoms with Gasteiger partial charge in [0.1, 0.15) is 0 Å². The van der Waals surface area contributed by atoms with Gasteiger partial charge in [0.05, 0.1) is 0 Å². The van der Waals surface area contributed by atoms with Gasteiger partial charge < -0.3 is 0 Å². The molecule has 0 aromatic heterocycles. The molecule has 0 bridgehead atoms. The molecule has 0 saturated carbocycles. The normalized spacial score (nSPS) is 15.5. The van der Waals surface area contributed by atoms with E-state index in [1.807, 2.05) is 6.92 Å². The largest absolute Gasteiger partial charge is 0.259 e. The van der Waals surface area contributed by atoms with Crippen molar-refractivity contribution in [3.8, 4) is 0 Å². The second-order valence-corrected chi connectivity index (χ2v) is 3.87. The molecule has 14 heavy (non-hydrogen) atoms. The molecule has 0 aliphatic carbocycles. The number of allylic oxidation sites excluding steroid dienone is 3. The summed E-state index contributed by atoms with van der Waals surface area (Å²) in [6, 6.07) is 0. The fourth-order valence-electron chi connectivity index (χ4n) is 1.79. The minimum absolute atomic E-state index is 0.605. The summed E-state index contributed by atoms with van der Waals surface area (Å²) in [5, 5.41) is 0. The summed E-state index contributed by atoms with van der Waals surface area (Å²) in [4.78, 5) is 4.41. The number of aliphatic imine (C=N–C) groups is 1. The van der Waals surface area contributed by atoms with Gasteiger partial charge in [0.25, 0.3) is 0 Å². The molecule has 0 aliphatic heterocycles. The molecule has 0 aromatic carbocycles. The molecule has 0 rings (SSSR count). The molecule has 0 heterocycles. The highest BCUT2D eigenvalue weighted by Crippen LogP contribution is 2.18. The number of hydrogen-bond donors (Lipinski definition) is 0. The maximum Gasteiger partial charge on any atom is 0.0406 e. The molecule has 1 unspecified atom stereocenters. The Labute approximate surface area is 88.6 Å². The van der Waals surface area contributed by atoms with Crippen LogP contribution in [-0.4, -0.2) is 5.71 Å². The second-order valence-electron chi connectivity index (χ2n) is 3.87. The molecular weight excluding hydrogens is 170 g/mol. The summed E-state index contributed by atoms with van der Waals surface area (Å²) in [5.74, 6) is 0.605. The Hall–Kier alpha value is -0.850. The van der Waals surface area contributed by atoms with E-state index < -0.39 is 0 Å². The number of rotatable bonds is 5. The minimum atomic E-state index is 0.605. The van der Waals surface area contributed by atoms with E-state index in [1.54, 1.807) is 0 Å². The molecule has 1 atom stereocenters. The van der Waals surface area contributed by atoms with E-state index in [4.69, 9.17) is 0 Å².